The lowest BCUT2D eigenvalue weighted by Crippen LogP contribution is -2.27. The van der Waals surface area contributed by atoms with Gasteiger partial charge >= 0.3 is 0 Å². The van der Waals surface area contributed by atoms with Gasteiger partial charge in [0, 0.05) is 12.0 Å². The minimum atomic E-state index is -0.505. The Morgan fingerprint density at radius 1 is 0.905 bits per heavy atom. The summed E-state index contributed by atoms with van der Waals surface area (Å²) in [5, 5.41) is 4.23. The van der Waals surface area contributed by atoms with Crippen molar-refractivity contribution in [1.29, 1.82) is 0 Å². The van der Waals surface area contributed by atoms with Gasteiger partial charge in [-0.2, -0.15) is 0 Å². The molecule has 1 aliphatic carbocycles. The van der Waals surface area contributed by atoms with Gasteiger partial charge in [0.15, 0.2) is 0 Å². The molecule has 0 aromatic heterocycles. The Hall–Kier alpha value is -1.69. The Labute approximate surface area is 127 Å². The van der Waals surface area contributed by atoms with Crippen LogP contribution in [0.4, 0.5) is 0 Å². The zero-order chi connectivity index (χ0) is 14.7. The van der Waals surface area contributed by atoms with Crippen molar-refractivity contribution in [1.82, 2.24) is 0 Å². The predicted octanol–water partition coefficient (Wildman–Crippen LogP) is 3.54. The van der Waals surface area contributed by atoms with Gasteiger partial charge in [-0.25, -0.2) is 0 Å². The molecule has 1 nitrogen and oxygen atoms in total. The first-order valence-corrected chi connectivity index (χ1v) is 8.66. The van der Waals surface area contributed by atoms with Crippen LogP contribution >= 0.6 is 7.92 Å². The number of benzene rings is 2. The lowest BCUT2D eigenvalue weighted by Gasteiger charge is -2.27. The van der Waals surface area contributed by atoms with Crippen LogP contribution in [-0.2, 0) is 0 Å². The molecule has 0 saturated carbocycles. The summed E-state index contributed by atoms with van der Waals surface area (Å²) in [6.45, 7) is 2.09. The van der Waals surface area contributed by atoms with Gasteiger partial charge < -0.3 is 5.73 Å². The van der Waals surface area contributed by atoms with Gasteiger partial charge in [0.25, 0.3) is 0 Å². The van der Waals surface area contributed by atoms with Crippen LogP contribution in [0.15, 0.2) is 84.2 Å². The van der Waals surface area contributed by atoms with Crippen LogP contribution in [-0.4, -0.2) is 6.04 Å². The highest BCUT2D eigenvalue weighted by Gasteiger charge is 2.27. The van der Waals surface area contributed by atoms with Gasteiger partial charge in [-0.15, -0.1) is 0 Å². The monoisotopic (exact) mass is 293 g/mol. The van der Waals surface area contributed by atoms with E-state index in [1.807, 2.05) is 0 Å². The van der Waals surface area contributed by atoms with E-state index in [4.69, 9.17) is 5.73 Å². The van der Waals surface area contributed by atoms with Crippen molar-refractivity contribution in [3.8, 4) is 0 Å². The van der Waals surface area contributed by atoms with Crippen molar-refractivity contribution in [3.05, 3.63) is 84.2 Å². The SMILES string of the molecule is C[C@@H](N)C1C=CC=C1P(c1ccccc1)c1ccccc1. The minimum absolute atomic E-state index is 0.146. The van der Waals surface area contributed by atoms with Gasteiger partial charge in [-0.05, 0) is 30.8 Å². The zero-order valence-corrected chi connectivity index (χ0v) is 13.1. The van der Waals surface area contributed by atoms with Gasteiger partial charge in [0.1, 0.15) is 0 Å². The van der Waals surface area contributed by atoms with E-state index < -0.39 is 7.92 Å². The predicted molar refractivity (Wildman–Crippen MR) is 93.4 cm³/mol. The van der Waals surface area contributed by atoms with Gasteiger partial charge in [-0.1, -0.05) is 78.9 Å². The first-order chi connectivity index (χ1) is 10.3. The summed E-state index contributed by atoms with van der Waals surface area (Å²) in [5.41, 5.74) is 6.20. The summed E-state index contributed by atoms with van der Waals surface area (Å²) in [7, 11) is -0.505. The third-order valence-electron chi connectivity index (χ3n) is 3.78. The van der Waals surface area contributed by atoms with E-state index in [-0.39, 0.29) is 6.04 Å². The van der Waals surface area contributed by atoms with Crippen LogP contribution in [0.5, 0.6) is 0 Å². The van der Waals surface area contributed by atoms with Gasteiger partial charge in [0.05, 0.1) is 0 Å². The molecule has 0 fully saturated rings. The maximum atomic E-state index is 6.20. The quantitative estimate of drug-likeness (QED) is 0.857. The molecule has 2 aromatic carbocycles. The third-order valence-corrected chi connectivity index (χ3v) is 6.37. The van der Waals surface area contributed by atoms with Crippen LogP contribution in [0.25, 0.3) is 0 Å². The Morgan fingerprint density at radius 2 is 1.43 bits per heavy atom. The molecule has 106 valence electrons. The fourth-order valence-electron chi connectivity index (χ4n) is 2.75. The van der Waals surface area contributed by atoms with E-state index in [9.17, 15) is 0 Å². The standard InChI is InChI=1S/C19H20NP/c1-15(20)18-13-8-14-19(18)21(16-9-4-2-5-10-16)17-11-6-3-7-12-17/h2-15,18H,20H2,1H3/t15-,18?/m1/s1. The van der Waals surface area contributed by atoms with Crippen molar-refractivity contribution >= 4 is 18.5 Å². The first kappa shape index (κ1) is 14.3. The smallest absolute Gasteiger partial charge is 0.0181 e. The summed E-state index contributed by atoms with van der Waals surface area (Å²) in [5.74, 6) is 0.344. The molecule has 2 N–H and O–H groups in total. The van der Waals surface area contributed by atoms with Crippen LogP contribution in [0, 0.1) is 5.92 Å². The van der Waals surface area contributed by atoms with Crippen LogP contribution in [0.3, 0.4) is 0 Å². The fourth-order valence-corrected chi connectivity index (χ4v) is 5.44. The van der Waals surface area contributed by atoms with Crippen molar-refractivity contribution < 1.29 is 0 Å². The highest BCUT2D eigenvalue weighted by molar-refractivity contribution is 7.76. The second-order valence-electron chi connectivity index (χ2n) is 5.37. The molecule has 0 saturated heterocycles. The van der Waals surface area contributed by atoms with E-state index in [2.05, 4.69) is 85.8 Å². The minimum Gasteiger partial charge on any atom is -0.327 e. The lowest BCUT2D eigenvalue weighted by atomic mass is 10.0. The topological polar surface area (TPSA) is 26.0 Å². The Bertz CT molecular complexity index is 604. The molecular weight excluding hydrogens is 273 g/mol. The van der Waals surface area contributed by atoms with E-state index in [1.165, 1.54) is 15.9 Å². The molecule has 0 radical (unpaired) electrons. The van der Waals surface area contributed by atoms with E-state index in [1.54, 1.807) is 0 Å². The van der Waals surface area contributed by atoms with E-state index >= 15 is 0 Å². The molecule has 0 amide bonds. The molecule has 21 heavy (non-hydrogen) atoms. The molecule has 1 unspecified atom stereocenters. The maximum Gasteiger partial charge on any atom is 0.0181 e. The first-order valence-electron chi connectivity index (χ1n) is 7.31. The second kappa shape index (κ2) is 6.39. The normalized spacial score (nSPS) is 18.8. The van der Waals surface area contributed by atoms with Crippen molar-refractivity contribution in [2.24, 2.45) is 11.7 Å². The Kier molecular flexibility index (Phi) is 4.34. The van der Waals surface area contributed by atoms with E-state index in [0.717, 1.165) is 0 Å². The van der Waals surface area contributed by atoms with Crippen LogP contribution in [0.2, 0.25) is 0 Å². The highest BCUT2D eigenvalue weighted by Crippen LogP contribution is 2.49. The third kappa shape index (κ3) is 3.00. The van der Waals surface area contributed by atoms with Gasteiger partial charge in [-0.3, -0.25) is 0 Å². The summed E-state index contributed by atoms with van der Waals surface area (Å²) < 4.78 is 0. The molecule has 0 bridgehead atoms. The number of allylic oxidation sites excluding steroid dienone is 2. The molecule has 3 rings (SSSR count). The van der Waals surface area contributed by atoms with Crippen LogP contribution < -0.4 is 16.3 Å². The Balaban J connectivity index is 2.06. The molecule has 0 heterocycles. The number of rotatable bonds is 4. The maximum absolute atomic E-state index is 6.20. The number of hydrogen-bond donors (Lipinski definition) is 1. The summed E-state index contributed by atoms with van der Waals surface area (Å²) in [4.78, 5) is 0. The molecule has 1 aliphatic rings. The summed E-state index contributed by atoms with van der Waals surface area (Å²) >= 11 is 0. The largest absolute Gasteiger partial charge is 0.327 e. The summed E-state index contributed by atoms with van der Waals surface area (Å²) in [6, 6.07) is 21.7. The van der Waals surface area contributed by atoms with Crippen LogP contribution in [0.1, 0.15) is 6.92 Å². The molecule has 0 aliphatic heterocycles. The molecule has 2 atom stereocenters. The second-order valence-corrected chi connectivity index (χ2v) is 7.59. The van der Waals surface area contributed by atoms with Gasteiger partial charge in [0.2, 0.25) is 0 Å². The van der Waals surface area contributed by atoms with Crippen molar-refractivity contribution in [2.45, 2.75) is 13.0 Å². The van der Waals surface area contributed by atoms with Crippen molar-refractivity contribution in [3.63, 3.8) is 0 Å². The molecule has 2 aromatic rings. The average molecular weight is 293 g/mol. The zero-order valence-electron chi connectivity index (χ0n) is 12.2. The lowest BCUT2D eigenvalue weighted by molar-refractivity contribution is 0.632. The van der Waals surface area contributed by atoms with Crippen molar-refractivity contribution in [2.75, 3.05) is 0 Å². The molecule has 0 spiro atoms. The highest BCUT2D eigenvalue weighted by atomic mass is 31.1. The average Bonchev–Trinajstić information content (AvgIpc) is 2.99. The van der Waals surface area contributed by atoms with E-state index in [0.29, 0.717) is 5.92 Å². The fraction of sp³-hybridized carbons (Fsp3) is 0.158. The number of nitrogens with two attached hydrogens (primary N) is 1. The molecule has 2 heteroatoms. The summed E-state index contributed by atoms with van der Waals surface area (Å²) in [6.07, 6.45) is 6.66. The number of hydrogen-bond acceptors (Lipinski definition) is 1. The Morgan fingerprint density at radius 3 is 1.90 bits per heavy atom. The molecular formula is C19H20NP.